The van der Waals surface area contributed by atoms with Crippen LogP contribution in [0.15, 0.2) is 96.1 Å². The normalized spacial score (nSPS) is 15.2. The third kappa shape index (κ3) is 3.11. The van der Waals surface area contributed by atoms with Crippen LogP contribution in [0.1, 0.15) is 17.3 Å². The first kappa shape index (κ1) is 18.4. The minimum absolute atomic E-state index is 0.340. The molecule has 0 spiro atoms. The fourth-order valence-corrected chi connectivity index (χ4v) is 4.22. The summed E-state index contributed by atoms with van der Waals surface area (Å²) in [5, 5.41) is 8.07. The molecule has 32 heavy (non-hydrogen) atoms. The summed E-state index contributed by atoms with van der Waals surface area (Å²) in [6.45, 7) is 0.669. The van der Waals surface area contributed by atoms with Crippen LogP contribution in [0.5, 0.6) is 0 Å². The van der Waals surface area contributed by atoms with E-state index >= 15 is 0 Å². The third-order valence-electron chi connectivity index (χ3n) is 5.64. The lowest BCUT2D eigenvalue weighted by molar-refractivity contribution is 0.623. The van der Waals surface area contributed by atoms with Crippen LogP contribution in [0.3, 0.4) is 0 Å². The van der Waals surface area contributed by atoms with Crippen molar-refractivity contribution >= 4 is 22.9 Å². The molecule has 5 aromatic rings. The van der Waals surface area contributed by atoms with Crippen LogP contribution in [-0.4, -0.2) is 25.3 Å². The first-order chi connectivity index (χ1) is 15.8. The van der Waals surface area contributed by atoms with E-state index in [9.17, 15) is 0 Å². The minimum Gasteiger partial charge on any atom is -0.370 e. The van der Waals surface area contributed by atoms with Gasteiger partial charge in [-0.05, 0) is 17.7 Å². The molecular formula is C25H21N7. The number of anilines is 1. The lowest BCUT2D eigenvalue weighted by Crippen LogP contribution is -2.31. The molecule has 156 valence electrons. The summed E-state index contributed by atoms with van der Waals surface area (Å²) in [5.41, 5.74) is 12.1. The number of imidazole rings is 1. The average molecular weight is 419 g/mol. The Balaban J connectivity index is 1.54. The lowest BCUT2D eigenvalue weighted by atomic mass is 10.1. The highest BCUT2D eigenvalue weighted by Gasteiger charge is 2.29. The van der Waals surface area contributed by atoms with Gasteiger partial charge in [0.15, 0.2) is 12.1 Å². The number of aliphatic imine (C=N–C) groups is 1. The van der Waals surface area contributed by atoms with Gasteiger partial charge in [0.2, 0.25) is 5.95 Å². The van der Waals surface area contributed by atoms with Gasteiger partial charge in [-0.15, -0.1) is 0 Å². The second-order valence-electron chi connectivity index (χ2n) is 7.79. The number of rotatable bonds is 4. The quantitative estimate of drug-likeness (QED) is 0.456. The van der Waals surface area contributed by atoms with Gasteiger partial charge >= 0.3 is 0 Å². The van der Waals surface area contributed by atoms with E-state index in [1.54, 1.807) is 0 Å². The van der Waals surface area contributed by atoms with Crippen molar-refractivity contribution in [2.45, 2.75) is 12.7 Å². The summed E-state index contributed by atoms with van der Waals surface area (Å²) in [6, 6.07) is 28.5. The lowest BCUT2D eigenvalue weighted by Gasteiger charge is -2.23. The van der Waals surface area contributed by atoms with Crippen molar-refractivity contribution in [2.24, 2.45) is 10.7 Å². The van der Waals surface area contributed by atoms with E-state index in [2.05, 4.69) is 40.3 Å². The van der Waals surface area contributed by atoms with Gasteiger partial charge in [-0.1, -0.05) is 72.8 Å². The van der Waals surface area contributed by atoms with Gasteiger partial charge in [-0.2, -0.15) is 5.10 Å². The van der Waals surface area contributed by atoms with Crippen LogP contribution in [-0.2, 0) is 6.54 Å². The van der Waals surface area contributed by atoms with Gasteiger partial charge in [-0.3, -0.25) is 14.6 Å². The number of aromatic nitrogens is 4. The molecule has 2 aromatic heterocycles. The van der Waals surface area contributed by atoms with Crippen molar-refractivity contribution in [3.8, 4) is 11.3 Å². The second kappa shape index (κ2) is 7.39. The van der Waals surface area contributed by atoms with Gasteiger partial charge in [0.25, 0.3) is 0 Å². The Morgan fingerprint density at radius 3 is 2.41 bits per heavy atom. The molecule has 3 N–H and O–H groups in total. The number of para-hydroxylation sites is 2. The molecule has 1 aliphatic rings. The summed E-state index contributed by atoms with van der Waals surface area (Å²) in [6.07, 6.45) is 1.69. The van der Waals surface area contributed by atoms with E-state index in [1.165, 1.54) is 5.56 Å². The summed E-state index contributed by atoms with van der Waals surface area (Å²) in [7, 11) is 0. The van der Waals surface area contributed by atoms with E-state index in [4.69, 9.17) is 20.8 Å². The molecule has 1 aliphatic heterocycles. The van der Waals surface area contributed by atoms with E-state index in [1.807, 2.05) is 65.3 Å². The highest BCUT2D eigenvalue weighted by atomic mass is 15.4. The van der Waals surface area contributed by atoms with Gasteiger partial charge in [-0.25, -0.2) is 9.98 Å². The standard InChI is InChI=1S/C25H21N7/c26-24-28-23(32-21-14-8-7-13-20(21)27-25(32)29-24)19-16-31(15-17-9-3-1-4-10-17)30-22(19)18-11-5-2-6-12-18/h1-14,16,23H,15H2,(H3,26,27,28,29). The molecule has 7 nitrogen and oxygen atoms in total. The van der Waals surface area contributed by atoms with Gasteiger partial charge in [0.05, 0.1) is 23.3 Å². The van der Waals surface area contributed by atoms with Crippen LogP contribution >= 0.6 is 0 Å². The Kier molecular flexibility index (Phi) is 4.24. The highest BCUT2D eigenvalue weighted by Crippen LogP contribution is 2.36. The highest BCUT2D eigenvalue weighted by molar-refractivity contribution is 5.95. The maximum Gasteiger partial charge on any atom is 0.212 e. The van der Waals surface area contributed by atoms with Gasteiger partial charge in [0, 0.05) is 17.3 Å². The average Bonchev–Trinajstić information content (AvgIpc) is 3.41. The number of benzene rings is 3. The number of fused-ring (bicyclic) bond motifs is 3. The van der Waals surface area contributed by atoms with Crippen LogP contribution in [0, 0.1) is 0 Å². The fraction of sp³-hybridized carbons (Fsp3) is 0.0800. The predicted octanol–water partition coefficient (Wildman–Crippen LogP) is 4.24. The molecule has 0 bridgehead atoms. The zero-order valence-corrected chi connectivity index (χ0v) is 17.3. The largest absolute Gasteiger partial charge is 0.370 e. The summed E-state index contributed by atoms with van der Waals surface area (Å²) in [5.74, 6) is 1.02. The van der Waals surface area contributed by atoms with Crippen molar-refractivity contribution in [1.82, 2.24) is 19.3 Å². The number of nitrogens with zero attached hydrogens (tertiary/aromatic N) is 5. The predicted molar refractivity (Wildman–Crippen MR) is 126 cm³/mol. The Morgan fingerprint density at radius 2 is 1.59 bits per heavy atom. The van der Waals surface area contributed by atoms with E-state index in [0.717, 1.165) is 27.9 Å². The molecule has 0 radical (unpaired) electrons. The molecule has 0 saturated heterocycles. The van der Waals surface area contributed by atoms with Crippen molar-refractivity contribution in [3.05, 3.63) is 102 Å². The molecular weight excluding hydrogens is 398 g/mol. The summed E-state index contributed by atoms with van der Waals surface area (Å²) >= 11 is 0. The first-order valence-corrected chi connectivity index (χ1v) is 10.5. The zero-order chi connectivity index (χ0) is 21.5. The van der Waals surface area contributed by atoms with Crippen LogP contribution in [0.4, 0.5) is 5.95 Å². The number of nitrogens with one attached hydrogen (secondary N) is 1. The second-order valence-corrected chi connectivity index (χ2v) is 7.79. The molecule has 0 aliphatic carbocycles. The van der Waals surface area contributed by atoms with Crippen LogP contribution < -0.4 is 11.1 Å². The molecule has 3 aromatic carbocycles. The molecule has 0 fully saturated rings. The number of hydrogen-bond acceptors (Lipinski definition) is 5. The molecule has 6 rings (SSSR count). The van der Waals surface area contributed by atoms with Gasteiger partial charge < -0.3 is 5.73 Å². The fourth-order valence-electron chi connectivity index (χ4n) is 4.22. The Morgan fingerprint density at radius 1 is 0.875 bits per heavy atom. The van der Waals surface area contributed by atoms with Crippen molar-refractivity contribution in [3.63, 3.8) is 0 Å². The molecule has 1 atom stereocenters. The third-order valence-corrected chi connectivity index (χ3v) is 5.64. The topological polar surface area (TPSA) is 86.0 Å². The molecule has 7 heteroatoms. The van der Waals surface area contributed by atoms with Crippen LogP contribution in [0.25, 0.3) is 22.3 Å². The number of nitrogens with two attached hydrogens (primary N) is 1. The van der Waals surface area contributed by atoms with Gasteiger partial charge in [0.1, 0.15) is 0 Å². The Labute approximate surface area is 184 Å². The molecule has 0 saturated carbocycles. The van der Waals surface area contributed by atoms with Crippen molar-refractivity contribution < 1.29 is 0 Å². The van der Waals surface area contributed by atoms with Crippen LogP contribution in [0.2, 0.25) is 0 Å². The smallest absolute Gasteiger partial charge is 0.212 e. The zero-order valence-electron chi connectivity index (χ0n) is 17.3. The van der Waals surface area contributed by atoms with E-state index in [-0.39, 0.29) is 6.17 Å². The van der Waals surface area contributed by atoms with E-state index in [0.29, 0.717) is 18.5 Å². The summed E-state index contributed by atoms with van der Waals surface area (Å²) in [4.78, 5) is 9.50. The maximum atomic E-state index is 6.18. The van der Waals surface area contributed by atoms with Crippen molar-refractivity contribution in [2.75, 3.05) is 5.32 Å². The van der Waals surface area contributed by atoms with E-state index < -0.39 is 0 Å². The maximum absolute atomic E-state index is 6.18. The molecule has 0 amide bonds. The monoisotopic (exact) mass is 419 g/mol. The first-order valence-electron chi connectivity index (χ1n) is 10.5. The molecule has 1 unspecified atom stereocenters. The Bertz CT molecular complexity index is 1430. The van der Waals surface area contributed by atoms with Crippen molar-refractivity contribution in [1.29, 1.82) is 0 Å². The minimum atomic E-state index is -0.377. The SMILES string of the molecule is NC1=NC(c2cn(Cc3ccccc3)nc2-c2ccccc2)n2c(nc3ccccc32)N1. The molecule has 3 heterocycles. The Hall–Kier alpha value is -4.39. The number of guanidine groups is 1. The number of hydrogen-bond donors (Lipinski definition) is 2. The summed E-state index contributed by atoms with van der Waals surface area (Å²) < 4.78 is 4.06.